The number of hydrogen-bond donors (Lipinski definition) is 1. The minimum Gasteiger partial charge on any atom is -0.304 e. The number of aromatic nitrogens is 2. The van der Waals surface area contributed by atoms with Gasteiger partial charge >= 0.3 is 0 Å². The van der Waals surface area contributed by atoms with Crippen LogP contribution in [0.25, 0.3) is 0 Å². The quantitative estimate of drug-likeness (QED) is 0.857. The van der Waals surface area contributed by atoms with Gasteiger partial charge in [0.05, 0.1) is 5.69 Å². The average molecular weight is 292 g/mol. The highest BCUT2D eigenvalue weighted by Gasteiger charge is 2.08. The molecule has 2 rings (SSSR count). The monoisotopic (exact) mass is 291 g/mol. The molecule has 1 heterocycles. The number of nitrogens with one attached hydrogen (secondary N) is 1. The summed E-state index contributed by atoms with van der Waals surface area (Å²) in [6.45, 7) is 7.25. The molecule has 1 unspecified atom stereocenters. The van der Waals surface area contributed by atoms with Gasteiger partial charge < -0.3 is 5.32 Å². The Morgan fingerprint density at radius 2 is 2.10 bits per heavy atom. The normalized spacial score (nSPS) is 14.2. The van der Waals surface area contributed by atoms with Crippen LogP contribution < -0.4 is 5.32 Å². The predicted octanol–water partition coefficient (Wildman–Crippen LogP) is 4.36. The third-order valence-electron chi connectivity index (χ3n) is 3.64. The standard InChI is InChI=1S/C16H22ClN3/c1-4-12(2)20-9-8-16(19-20)11-18-13(3)14-6-5-7-15(17)10-14/h5-10,12-13,18H,4,11H2,1-3H3/t12?,13-/m0/s1. The second-order valence-corrected chi connectivity index (χ2v) is 5.64. The molecule has 0 fully saturated rings. The molecule has 2 aromatic rings. The SMILES string of the molecule is CCC(C)n1ccc(CN[C@@H](C)c2cccc(Cl)c2)n1. The van der Waals surface area contributed by atoms with Crippen LogP contribution in [0.3, 0.4) is 0 Å². The van der Waals surface area contributed by atoms with E-state index in [0.29, 0.717) is 6.04 Å². The lowest BCUT2D eigenvalue weighted by Crippen LogP contribution is -2.18. The van der Waals surface area contributed by atoms with Gasteiger partial charge in [-0.05, 0) is 44.0 Å². The van der Waals surface area contributed by atoms with Gasteiger partial charge in [0.2, 0.25) is 0 Å². The summed E-state index contributed by atoms with van der Waals surface area (Å²) < 4.78 is 2.03. The van der Waals surface area contributed by atoms with Gasteiger partial charge in [0.1, 0.15) is 0 Å². The topological polar surface area (TPSA) is 29.9 Å². The zero-order valence-corrected chi connectivity index (χ0v) is 13.1. The Labute approximate surface area is 126 Å². The number of nitrogens with zero attached hydrogens (tertiary/aromatic N) is 2. The number of benzene rings is 1. The largest absolute Gasteiger partial charge is 0.304 e. The summed E-state index contributed by atoms with van der Waals surface area (Å²) in [6, 6.07) is 10.7. The van der Waals surface area contributed by atoms with E-state index in [4.69, 9.17) is 11.6 Å². The van der Waals surface area contributed by atoms with Crippen molar-refractivity contribution < 1.29 is 0 Å². The molecule has 4 heteroatoms. The first kappa shape index (κ1) is 15.1. The number of halogens is 1. The molecule has 3 nitrogen and oxygen atoms in total. The predicted molar refractivity (Wildman–Crippen MR) is 83.9 cm³/mol. The van der Waals surface area contributed by atoms with Crippen molar-refractivity contribution >= 4 is 11.6 Å². The van der Waals surface area contributed by atoms with Crippen molar-refractivity contribution in [3.63, 3.8) is 0 Å². The first-order valence-electron chi connectivity index (χ1n) is 7.13. The molecule has 0 amide bonds. The molecule has 0 aliphatic carbocycles. The maximum atomic E-state index is 6.02. The summed E-state index contributed by atoms with van der Waals surface area (Å²) >= 11 is 6.02. The third kappa shape index (κ3) is 3.84. The van der Waals surface area contributed by atoms with Gasteiger partial charge in [0.25, 0.3) is 0 Å². The summed E-state index contributed by atoms with van der Waals surface area (Å²) in [5.74, 6) is 0. The van der Waals surface area contributed by atoms with Crippen LogP contribution in [-0.4, -0.2) is 9.78 Å². The van der Waals surface area contributed by atoms with Crippen LogP contribution >= 0.6 is 11.6 Å². The smallest absolute Gasteiger partial charge is 0.0762 e. The Bertz CT molecular complexity index is 550. The summed E-state index contributed by atoms with van der Waals surface area (Å²) in [6.07, 6.45) is 3.14. The fraction of sp³-hybridized carbons (Fsp3) is 0.438. The molecule has 1 aromatic carbocycles. The van der Waals surface area contributed by atoms with E-state index in [1.807, 2.05) is 22.9 Å². The molecule has 0 saturated heterocycles. The van der Waals surface area contributed by atoms with Crippen molar-refractivity contribution in [2.75, 3.05) is 0 Å². The van der Waals surface area contributed by atoms with E-state index in [1.165, 1.54) is 5.56 Å². The fourth-order valence-corrected chi connectivity index (χ4v) is 2.25. The highest BCUT2D eigenvalue weighted by molar-refractivity contribution is 6.30. The summed E-state index contributed by atoms with van der Waals surface area (Å²) in [5, 5.41) is 8.85. The van der Waals surface area contributed by atoms with Gasteiger partial charge in [-0.15, -0.1) is 0 Å². The molecule has 0 bridgehead atoms. The molecule has 0 radical (unpaired) electrons. The molecule has 0 saturated carbocycles. The lowest BCUT2D eigenvalue weighted by molar-refractivity contribution is 0.468. The minimum absolute atomic E-state index is 0.252. The van der Waals surface area contributed by atoms with Crippen molar-refractivity contribution in [1.29, 1.82) is 0 Å². The first-order valence-corrected chi connectivity index (χ1v) is 7.50. The van der Waals surface area contributed by atoms with E-state index in [1.54, 1.807) is 0 Å². The molecule has 0 aliphatic heterocycles. The Balaban J connectivity index is 1.93. The van der Waals surface area contributed by atoms with E-state index < -0.39 is 0 Å². The van der Waals surface area contributed by atoms with E-state index in [9.17, 15) is 0 Å². The van der Waals surface area contributed by atoms with Crippen molar-refractivity contribution in [3.8, 4) is 0 Å². The van der Waals surface area contributed by atoms with Crippen LogP contribution in [0.5, 0.6) is 0 Å². The van der Waals surface area contributed by atoms with Gasteiger partial charge in [-0.3, -0.25) is 4.68 Å². The lowest BCUT2D eigenvalue weighted by atomic mass is 10.1. The van der Waals surface area contributed by atoms with Crippen LogP contribution in [0.4, 0.5) is 0 Å². The molecular weight excluding hydrogens is 270 g/mol. The van der Waals surface area contributed by atoms with E-state index in [-0.39, 0.29) is 6.04 Å². The number of hydrogen-bond acceptors (Lipinski definition) is 2. The zero-order valence-electron chi connectivity index (χ0n) is 12.3. The van der Waals surface area contributed by atoms with Crippen LogP contribution in [0, 0.1) is 0 Å². The first-order chi connectivity index (χ1) is 9.60. The maximum Gasteiger partial charge on any atom is 0.0762 e. The molecule has 2 atom stereocenters. The van der Waals surface area contributed by atoms with Crippen LogP contribution in [-0.2, 0) is 6.54 Å². The third-order valence-corrected chi connectivity index (χ3v) is 3.88. The van der Waals surface area contributed by atoms with Gasteiger partial charge in [-0.25, -0.2) is 0 Å². The molecule has 0 spiro atoms. The molecule has 1 aromatic heterocycles. The molecule has 20 heavy (non-hydrogen) atoms. The molecular formula is C16H22ClN3. The highest BCUT2D eigenvalue weighted by atomic mass is 35.5. The second kappa shape index (κ2) is 6.91. The molecule has 0 aliphatic rings. The van der Waals surface area contributed by atoms with Crippen molar-refractivity contribution in [1.82, 2.24) is 15.1 Å². The van der Waals surface area contributed by atoms with Gasteiger partial charge in [0.15, 0.2) is 0 Å². The van der Waals surface area contributed by atoms with Gasteiger partial charge in [0, 0.05) is 29.8 Å². The zero-order chi connectivity index (χ0) is 14.5. The van der Waals surface area contributed by atoms with Gasteiger partial charge in [-0.2, -0.15) is 5.10 Å². The highest BCUT2D eigenvalue weighted by Crippen LogP contribution is 2.17. The fourth-order valence-electron chi connectivity index (χ4n) is 2.06. The lowest BCUT2D eigenvalue weighted by Gasteiger charge is -2.14. The molecule has 1 N–H and O–H groups in total. The number of rotatable bonds is 6. The Morgan fingerprint density at radius 1 is 1.30 bits per heavy atom. The van der Waals surface area contributed by atoms with Crippen LogP contribution in [0.2, 0.25) is 5.02 Å². The van der Waals surface area contributed by atoms with E-state index in [0.717, 1.165) is 23.7 Å². The van der Waals surface area contributed by atoms with Crippen LogP contribution in [0.15, 0.2) is 36.5 Å². The average Bonchev–Trinajstić information content (AvgIpc) is 2.92. The van der Waals surface area contributed by atoms with Gasteiger partial charge in [-0.1, -0.05) is 30.7 Å². The van der Waals surface area contributed by atoms with Crippen molar-refractivity contribution in [2.45, 2.75) is 45.8 Å². The summed E-state index contributed by atoms with van der Waals surface area (Å²) in [5.41, 5.74) is 2.26. The van der Waals surface area contributed by atoms with Crippen molar-refractivity contribution in [3.05, 3.63) is 52.8 Å². The molecule has 108 valence electrons. The minimum atomic E-state index is 0.252. The Morgan fingerprint density at radius 3 is 2.80 bits per heavy atom. The summed E-state index contributed by atoms with van der Waals surface area (Å²) in [4.78, 5) is 0. The van der Waals surface area contributed by atoms with E-state index in [2.05, 4.69) is 49.5 Å². The Kier molecular flexibility index (Phi) is 5.21. The Hall–Kier alpha value is -1.32. The second-order valence-electron chi connectivity index (χ2n) is 5.20. The summed E-state index contributed by atoms with van der Waals surface area (Å²) in [7, 11) is 0. The van der Waals surface area contributed by atoms with E-state index >= 15 is 0 Å². The maximum absolute atomic E-state index is 6.02. The van der Waals surface area contributed by atoms with Crippen LogP contribution in [0.1, 0.15) is 50.5 Å². The van der Waals surface area contributed by atoms with Crippen molar-refractivity contribution in [2.24, 2.45) is 0 Å².